The molecule has 1 aliphatic rings. The van der Waals surface area contributed by atoms with Crippen LogP contribution in [0.3, 0.4) is 0 Å². The maximum absolute atomic E-state index is 12.6. The van der Waals surface area contributed by atoms with Crippen molar-refractivity contribution in [1.82, 2.24) is 5.32 Å². The first-order valence-corrected chi connectivity index (χ1v) is 11.2. The summed E-state index contributed by atoms with van der Waals surface area (Å²) in [6, 6.07) is 2.07. The van der Waals surface area contributed by atoms with Crippen LogP contribution in [0.25, 0.3) is 0 Å². The standard InChI is InChI=1S/C21H33NO7S/c1-3-28-21-17(4-8-26-11-12-27-10-7-23)18(16-5-13-30-15-16)14-19(29-21)20(24)22-6-9-25-2/h5,13-15,17-18,21,23H,3-4,6-12H2,1-2H3,(H,22,24)/t17-,18+,21+/m1/s1. The minimum absolute atomic E-state index is 0.00544. The van der Waals surface area contributed by atoms with Crippen LogP contribution in [-0.2, 0) is 28.5 Å². The number of nitrogens with one attached hydrogen (secondary N) is 1. The highest BCUT2D eigenvalue weighted by Crippen LogP contribution is 2.39. The molecule has 170 valence electrons. The average molecular weight is 444 g/mol. The van der Waals surface area contributed by atoms with Crippen molar-refractivity contribution in [2.75, 3.05) is 59.9 Å². The summed E-state index contributed by atoms with van der Waals surface area (Å²) in [7, 11) is 1.59. The molecule has 0 aromatic carbocycles. The van der Waals surface area contributed by atoms with E-state index in [2.05, 4.69) is 16.8 Å². The lowest BCUT2D eigenvalue weighted by Crippen LogP contribution is -2.39. The SMILES string of the molecule is CCO[C@H]1OC(C(=O)NCCOC)=C[C@@H](c2ccsc2)[C@H]1CCOCCOCCO. The molecule has 8 nitrogen and oxygen atoms in total. The largest absolute Gasteiger partial charge is 0.459 e. The molecule has 0 fully saturated rings. The Morgan fingerprint density at radius 2 is 2.03 bits per heavy atom. The highest BCUT2D eigenvalue weighted by molar-refractivity contribution is 7.08. The van der Waals surface area contributed by atoms with E-state index in [4.69, 9.17) is 28.8 Å². The van der Waals surface area contributed by atoms with Gasteiger partial charge in [0.25, 0.3) is 5.91 Å². The first-order valence-electron chi connectivity index (χ1n) is 10.3. The van der Waals surface area contributed by atoms with Gasteiger partial charge in [0.1, 0.15) is 0 Å². The lowest BCUT2D eigenvalue weighted by Gasteiger charge is -2.36. The first kappa shape index (κ1) is 24.8. The lowest BCUT2D eigenvalue weighted by molar-refractivity contribution is -0.168. The van der Waals surface area contributed by atoms with E-state index >= 15 is 0 Å². The second-order valence-corrected chi connectivity index (χ2v) is 7.48. The molecule has 1 amide bonds. The van der Waals surface area contributed by atoms with Gasteiger partial charge in [-0.15, -0.1) is 0 Å². The molecular weight excluding hydrogens is 410 g/mol. The number of hydrogen-bond acceptors (Lipinski definition) is 8. The number of thiophene rings is 1. The van der Waals surface area contributed by atoms with Crippen LogP contribution in [0, 0.1) is 5.92 Å². The van der Waals surface area contributed by atoms with Gasteiger partial charge in [0.05, 0.1) is 33.0 Å². The predicted molar refractivity (Wildman–Crippen MR) is 113 cm³/mol. The van der Waals surface area contributed by atoms with Crippen molar-refractivity contribution < 1.29 is 33.6 Å². The van der Waals surface area contributed by atoms with Crippen LogP contribution in [0.4, 0.5) is 0 Å². The topological polar surface area (TPSA) is 95.5 Å². The Morgan fingerprint density at radius 1 is 1.23 bits per heavy atom. The average Bonchev–Trinajstić information content (AvgIpc) is 3.28. The van der Waals surface area contributed by atoms with E-state index < -0.39 is 6.29 Å². The number of methoxy groups -OCH3 is 1. The maximum Gasteiger partial charge on any atom is 0.286 e. The number of hydrogen-bond donors (Lipinski definition) is 2. The molecule has 0 unspecified atom stereocenters. The van der Waals surface area contributed by atoms with Crippen molar-refractivity contribution in [1.29, 1.82) is 0 Å². The number of ether oxygens (including phenoxy) is 5. The molecule has 1 aromatic heterocycles. The van der Waals surface area contributed by atoms with Gasteiger partial charge in [-0.05, 0) is 41.8 Å². The second kappa shape index (κ2) is 14.5. The van der Waals surface area contributed by atoms with Gasteiger partial charge in [0.15, 0.2) is 5.76 Å². The van der Waals surface area contributed by atoms with Crippen LogP contribution in [0.2, 0.25) is 0 Å². The summed E-state index contributed by atoms with van der Waals surface area (Å²) in [6.07, 6.45) is 2.05. The minimum atomic E-state index is -0.540. The molecule has 1 aromatic rings. The van der Waals surface area contributed by atoms with Gasteiger partial charge < -0.3 is 34.1 Å². The molecular formula is C21H33NO7S. The number of carbonyl (C=O) groups is 1. The quantitative estimate of drug-likeness (QED) is 0.400. The lowest BCUT2D eigenvalue weighted by atomic mass is 9.82. The fourth-order valence-electron chi connectivity index (χ4n) is 3.24. The van der Waals surface area contributed by atoms with E-state index in [1.807, 2.05) is 18.4 Å². The van der Waals surface area contributed by atoms with Gasteiger partial charge in [-0.25, -0.2) is 0 Å². The second-order valence-electron chi connectivity index (χ2n) is 6.70. The van der Waals surface area contributed by atoms with Crippen LogP contribution in [0.15, 0.2) is 28.7 Å². The van der Waals surface area contributed by atoms with Crippen molar-refractivity contribution in [2.24, 2.45) is 5.92 Å². The van der Waals surface area contributed by atoms with Crippen molar-refractivity contribution in [3.8, 4) is 0 Å². The molecule has 9 heteroatoms. The van der Waals surface area contributed by atoms with Crippen molar-refractivity contribution in [2.45, 2.75) is 25.6 Å². The fraction of sp³-hybridized carbons (Fsp3) is 0.667. The van der Waals surface area contributed by atoms with E-state index in [9.17, 15) is 4.79 Å². The molecule has 2 heterocycles. The summed E-state index contributed by atoms with van der Waals surface area (Å²) in [5.41, 5.74) is 1.13. The van der Waals surface area contributed by atoms with E-state index in [1.54, 1.807) is 18.4 Å². The highest BCUT2D eigenvalue weighted by Gasteiger charge is 2.38. The molecule has 0 radical (unpaired) electrons. The third-order valence-electron chi connectivity index (χ3n) is 4.66. The minimum Gasteiger partial charge on any atom is -0.459 e. The number of rotatable bonds is 15. The van der Waals surface area contributed by atoms with Gasteiger partial charge in [0, 0.05) is 38.7 Å². The Morgan fingerprint density at radius 3 is 2.70 bits per heavy atom. The number of aliphatic hydroxyl groups is 1. The van der Waals surface area contributed by atoms with E-state index in [0.29, 0.717) is 52.6 Å². The summed E-state index contributed by atoms with van der Waals surface area (Å²) in [5, 5.41) is 15.6. The monoisotopic (exact) mass is 443 g/mol. The van der Waals surface area contributed by atoms with E-state index in [-0.39, 0.29) is 30.1 Å². The number of aliphatic hydroxyl groups excluding tert-OH is 1. The van der Waals surface area contributed by atoms with E-state index in [1.165, 1.54) is 0 Å². The highest BCUT2D eigenvalue weighted by atomic mass is 32.1. The molecule has 0 bridgehead atoms. The van der Waals surface area contributed by atoms with Crippen LogP contribution in [0.1, 0.15) is 24.8 Å². The molecule has 0 spiro atoms. The summed E-state index contributed by atoms with van der Waals surface area (Å²) < 4.78 is 27.7. The van der Waals surface area contributed by atoms with Crippen LogP contribution in [0.5, 0.6) is 0 Å². The Labute approximate surface area is 182 Å². The maximum atomic E-state index is 12.6. The van der Waals surface area contributed by atoms with Gasteiger partial charge in [-0.2, -0.15) is 11.3 Å². The third kappa shape index (κ3) is 7.98. The number of allylic oxidation sites excluding steroid dienone is 1. The molecule has 0 saturated heterocycles. The first-order chi connectivity index (χ1) is 14.7. The number of amides is 1. The molecule has 2 rings (SSSR count). The zero-order valence-electron chi connectivity index (χ0n) is 17.7. The van der Waals surface area contributed by atoms with Crippen LogP contribution >= 0.6 is 11.3 Å². The normalized spacial score (nSPS) is 21.2. The summed E-state index contributed by atoms with van der Waals surface area (Å²) in [4.78, 5) is 12.6. The number of carbonyl (C=O) groups excluding carboxylic acids is 1. The summed E-state index contributed by atoms with van der Waals surface area (Å²) in [5.74, 6) is -0.00422. The van der Waals surface area contributed by atoms with Crippen LogP contribution < -0.4 is 5.32 Å². The molecule has 2 N–H and O–H groups in total. The van der Waals surface area contributed by atoms with E-state index in [0.717, 1.165) is 5.56 Å². The Bertz CT molecular complexity index is 623. The van der Waals surface area contributed by atoms with Crippen molar-refractivity contribution in [3.05, 3.63) is 34.2 Å². The van der Waals surface area contributed by atoms with Gasteiger partial charge in [0.2, 0.25) is 6.29 Å². The van der Waals surface area contributed by atoms with Crippen LogP contribution in [-0.4, -0.2) is 77.2 Å². The Hall–Kier alpha value is -1.49. The summed E-state index contributed by atoms with van der Waals surface area (Å²) in [6.45, 7) is 4.96. The van der Waals surface area contributed by atoms with Crippen molar-refractivity contribution in [3.63, 3.8) is 0 Å². The van der Waals surface area contributed by atoms with Gasteiger partial charge in [-0.3, -0.25) is 4.79 Å². The fourth-order valence-corrected chi connectivity index (χ4v) is 3.95. The third-order valence-corrected chi connectivity index (χ3v) is 5.36. The molecule has 3 atom stereocenters. The molecule has 0 saturated carbocycles. The molecule has 30 heavy (non-hydrogen) atoms. The zero-order valence-corrected chi connectivity index (χ0v) is 18.5. The molecule has 0 aliphatic carbocycles. The summed E-state index contributed by atoms with van der Waals surface area (Å²) >= 11 is 1.62. The van der Waals surface area contributed by atoms with Gasteiger partial charge in [-0.1, -0.05) is 0 Å². The van der Waals surface area contributed by atoms with Gasteiger partial charge >= 0.3 is 0 Å². The van der Waals surface area contributed by atoms with Crippen molar-refractivity contribution >= 4 is 17.2 Å². The Balaban J connectivity index is 2.05. The smallest absolute Gasteiger partial charge is 0.286 e. The molecule has 1 aliphatic heterocycles. The zero-order chi connectivity index (χ0) is 21.6. The predicted octanol–water partition coefficient (Wildman–Crippen LogP) is 1.90. The Kier molecular flexibility index (Phi) is 12.0.